The molecule has 0 aliphatic carbocycles. The van der Waals surface area contributed by atoms with Crippen LogP contribution in [-0.2, 0) is 19.6 Å². The fourth-order valence-electron chi connectivity index (χ4n) is 2.09. The van der Waals surface area contributed by atoms with E-state index in [0.717, 1.165) is 6.42 Å². The molecule has 25 heavy (non-hydrogen) atoms. The third-order valence-corrected chi connectivity index (χ3v) is 4.65. The molecule has 9 heteroatoms. The van der Waals surface area contributed by atoms with Crippen molar-refractivity contribution in [1.29, 1.82) is 5.26 Å². The number of anilines is 1. The Morgan fingerprint density at radius 3 is 2.92 bits per heavy atom. The maximum atomic E-state index is 12.4. The smallest absolute Gasteiger partial charge is 0.350 e. The first kappa shape index (κ1) is 18.5. The number of ether oxygens (including phenoxy) is 1. The summed E-state index contributed by atoms with van der Waals surface area (Å²) >= 11 is 0. The van der Waals surface area contributed by atoms with Gasteiger partial charge in [-0.05, 0) is 31.5 Å². The summed E-state index contributed by atoms with van der Waals surface area (Å²) in [6.45, 7) is 2.41. The van der Waals surface area contributed by atoms with Gasteiger partial charge in [0.25, 0.3) is 10.0 Å². The standard InChI is InChI=1S/C16H18N4O4S/c1-2-24-16(21)12(10-17)11-19-13-5-3-6-14(9-13)25(22,23)20-15-7-4-8-18-15/h3,5-6,9,11,19H,2,4,7-8H2,1H3,(H,18,20)/b12-11+. The summed E-state index contributed by atoms with van der Waals surface area (Å²) in [5, 5.41) is 11.7. The van der Waals surface area contributed by atoms with Crippen LogP contribution in [0.2, 0.25) is 0 Å². The van der Waals surface area contributed by atoms with E-state index in [2.05, 4.69) is 15.0 Å². The molecule has 0 amide bonds. The molecule has 0 unspecified atom stereocenters. The summed E-state index contributed by atoms with van der Waals surface area (Å²) in [7, 11) is -3.73. The van der Waals surface area contributed by atoms with E-state index in [1.165, 1.54) is 18.3 Å². The van der Waals surface area contributed by atoms with Gasteiger partial charge < -0.3 is 10.1 Å². The van der Waals surface area contributed by atoms with E-state index in [9.17, 15) is 13.2 Å². The van der Waals surface area contributed by atoms with Gasteiger partial charge in [0.05, 0.1) is 11.5 Å². The van der Waals surface area contributed by atoms with Crippen LogP contribution >= 0.6 is 0 Å². The lowest BCUT2D eigenvalue weighted by Gasteiger charge is -2.09. The molecule has 8 nitrogen and oxygen atoms in total. The highest BCUT2D eigenvalue weighted by Crippen LogP contribution is 2.17. The molecule has 0 spiro atoms. The normalized spacial score (nSPS) is 14.4. The SMILES string of the molecule is CCOC(=O)/C(C#N)=C/Nc1cccc(S(=O)(=O)NC2=NCCC2)c1. The number of nitrogens with zero attached hydrogens (tertiary/aromatic N) is 2. The largest absolute Gasteiger partial charge is 0.462 e. The monoisotopic (exact) mass is 362 g/mol. The zero-order valence-electron chi connectivity index (χ0n) is 13.7. The number of carbonyl (C=O) groups excluding carboxylic acids is 1. The zero-order chi connectivity index (χ0) is 18.3. The molecule has 0 saturated carbocycles. The van der Waals surface area contributed by atoms with E-state index in [1.54, 1.807) is 25.1 Å². The lowest BCUT2D eigenvalue weighted by molar-refractivity contribution is -0.138. The minimum absolute atomic E-state index is 0.0511. The van der Waals surface area contributed by atoms with Crippen LogP contribution in [0.5, 0.6) is 0 Å². The summed E-state index contributed by atoms with van der Waals surface area (Å²) in [6.07, 6.45) is 2.61. The summed E-state index contributed by atoms with van der Waals surface area (Å²) in [5.41, 5.74) is 0.196. The molecule has 0 aromatic heterocycles. The lowest BCUT2D eigenvalue weighted by atomic mass is 10.3. The highest BCUT2D eigenvalue weighted by Gasteiger charge is 2.18. The molecule has 0 radical (unpaired) electrons. The predicted octanol–water partition coefficient (Wildman–Crippen LogP) is 1.54. The van der Waals surface area contributed by atoms with Gasteiger partial charge in [-0.3, -0.25) is 9.71 Å². The zero-order valence-corrected chi connectivity index (χ0v) is 14.5. The molecular formula is C16H18N4O4S. The Kier molecular flexibility index (Phi) is 6.14. The number of amidine groups is 1. The number of sulfonamides is 1. The van der Waals surface area contributed by atoms with E-state index >= 15 is 0 Å². The van der Waals surface area contributed by atoms with Crippen molar-refractivity contribution in [2.24, 2.45) is 4.99 Å². The first-order chi connectivity index (χ1) is 12.0. The van der Waals surface area contributed by atoms with Crippen molar-refractivity contribution >= 4 is 27.5 Å². The van der Waals surface area contributed by atoms with Crippen LogP contribution in [0.1, 0.15) is 19.8 Å². The molecule has 1 aliphatic rings. The summed E-state index contributed by atoms with van der Waals surface area (Å²) in [5.74, 6) is -0.297. The highest BCUT2D eigenvalue weighted by molar-refractivity contribution is 7.90. The molecule has 2 N–H and O–H groups in total. The van der Waals surface area contributed by atoms with Gasteiger partial charge in [0.2, 0.25) is 0 Å². The topological polar surface area (TPSA) is 121 Å². The Morgan fingerprint density at radius 1 is 1.48 bits per heavy atom. The van der Waals surface area contributed by atoms with Crippen LogP contribution < -0.4 is 10.0 Å². The second kappa shape index (κ2) is 8.30. The van der Waals surface area contributed by atoms with Crippen molar-refractivity contribution in [2.75, 3.05) is 18.5 Å². The molecule has 1 aromatic rings. The summed E-state index contributed by atoms with van der Waals surface area (Å²) < 4.78 is 31.9. The maximum Gasteiger partial charge on any atom is 0.350 e. The van der Waals surface area contributed by atoms with Crippen molar-refractivity contribution in [1.82, 2.24) is 4.72 Å². The molecule has 132 valence electrons. The van der Waals surface area contributed by atoms with Gasteiger partial charge in [0.15, 0.2) is 5.57 Å². The molecule has 0 fully saturated rings. The van der Waals surface area contributed by atoms with Crippen LogP contribution in [0.15, 0.2) is 45.9 Å². The second-order valence-corrected chi connectivity index (χ2v) is 6.78. The van der Waals surface area contributed by atoms with E-state index in [1.807, 2.05) is 0 Å². The number of nitrogens with one attached hydrogen (secondary N) is 2. The fraction of sp³-hybridized carbons (Fsp3) is 0.312. The molecule has 2 rings (SSSR count). The van der Waals surface area contributed by atoms with Gasteiger partial charge in [0.1, 0.15) is 11.9 Å². The second-order valence-electron chi connectivity index (χ2n) is 5.10. The first-order valence-corrected chi connectivity index (χ1v) is 9.14. The Bertz CT molecular complexity index is 853. The molecular weight excluding hydrogens is 344 g/mol. The van der Waals surface area contributed by atoms with Gasteiger partial charge in [-0.15, -0.1) is 0 Å². The van der Waals surface area contributed by atoms with Crippen LogP contribution in [0.3, 0.4) is 0 Å². The van der Waals surface area contributed by atoms with E-state index < -0.39 is 16.0 Å². The van der Waals surface area contributed by atoms with Crippen molar-refractivity contribution in [3.8, 4) is 6.07 Å². The van der Waals surface area contributed by atoms with E-state index in [0.29, 0.717) is 24.5 Å². The maximum absolute atomic E-state index is 12.4. The molecule has 1 aliphatic heterocycles. The lowest BCUT2D eigenvalue weighted by Crippen LogP contribution is -2.29. The Morgan fingerprint density at radius 2 is 2.28 bits per heavy atom. The minimum atomic E-state index is -3.73. The number of carbonyl (C=O) groups is 1. The predicted molar refractivity (Wildman–Crippen MR) is 92.3 cm³/mol. The summed E-state index contributed by atoms with van der Waals surface area (Å²) in [4.78, 5) is 15.7. The quantitative estimate of drug-likeness (QED) is 0.450. The van der Waals surface area contributed by atoms with Crippen molar-refractivity contribution in [3.05, 3.63) is 36.0 Å². The molecule has 0 saturated heterocycles. The number of hydrogen-bond acceptors (Lipinski definition) is 7. The van der Waals surface area contributed by atoms with Crippen LogP contribution in [0, 0.1) is 11.3 Å². The van der Waals surface area contributed by atoms with Gasteiger partial charge in [-0.25, -0.2) is 13.2 Å². The van der Waals surface area contributed by atoms with E-state index in [-0.39, 0.29) is 17.1 Å². The third-order valence-electron chi connectivity index (χ3n) is 3.27. The van der Waals surface area contributed by atoms with Crippen LogP contribution in [0.4, 0.5) is 5.69 Å². The summed E-state index contributed by atoms with van der Waals surface area (Å²) in [6, 6.07) is 7.74. The van der Waals surface area contributed by atoms with Crippen LogP contribution in [0.25, 0.3) is 0 Å². The highest BCUT2D eigenvalue weighted by atomic mass is 32.2. The number of aliphatic imine (C=N–C) groups is 1. The Balaban J connectivity index is 2.15. The Hall–Kier alpha value is -2.86. The van der Waals surface area contributed by atoms with Crippen molar-refractivity contribution in [3.63, 3.8) is 0 Å². The van der Waals surface area contributed by atoms with Gasteiger partial charge in [0, 0.05) is 24.9 Å². The number of nitriles is 1. The average molecular weight is 362 g/mol. The number of benzene rings is 1. The number of hydrogen-bond donors (Lipinski definition) is 2. The van der Waals surface area contributed by atoms with Crippen molar-refractivity contribution < 1.29 is 17.9 Å². The molecule has 1 heterocycles. The van der Waals surface area contributed by atoms with E-state index in [4.69, 9.17) is 10.00 Å². The van der Waals surface area contributed by atoms with Crippen LogP contribution in [-0.4, -0.2) is 33.4 Å². The molecule has 1 aromatic carbocycles. The first-order valence-electron chi connectivity index (χ1n) is 7.66. The molecule has 0 bridgehead atoms. The van der Waals surface area contributed by atoms with Crippen molar-refractivity contribution in [2.45, 2.75) is 24.7 Å². The minimum Gasteiger partial charge on any atom is -0.462 e. The Labute approximate surface area is 146 Å². The molecule has 0 atom stereocenters. The number of rotatable bonds is 6. The third kappa shape index (κ3) is 5.06. The van der Waals surface area contributed by atoms with Gasteiger partial charge >= 0.3 is 5.97 Å². The number of esters is 1. The van der Waals surface area contributed by atoms with Gasteiger partial charge in [-0.1, -0.05) is 6.07 Å². The average Bonchev–Trinajstić information content (AvgIpc) is 3.08. The fourth-order valence-corrected chi connectivity index (χ4v) is 3.23. The van der Waals surface area contributed by atoms with Gasteiger partial charge in [-0.2, -0.15) is 5.26 Å².